The molecule has 3 nitrogen and oxygen atoms in total. The molecule has 0 heterocycles. The molecule has 18 heavy (non-hydrogen) atoms. The van der Waals surface area contributed by atoms with Crippen molar-refractivity contribution in [3.63, 3.8) is 0 Å². The number of amides is 1. The first-order valence-electron chi connectivity index (χ1n) is 6.09. The van der Waals surface area contributed by atoms with Gasteiger partial charge in [-0.2, -0.15) is 0 Å². The number of carbonyl (C=O) groups excluding carboxylic acids is 1. The van der Waals surface area contributed by atoms with Crippen LogP contribution in [0.3, 0.4) is 0 Å². The maximum absolute atomic E-state index is 12.4. The summed E-state index contributed by atoms with van der Waals surface area (Å²) in [4.78, 5) is 14.2. The van der Waals surface area contributed by atoms with Crippen molar-refractivity contribution in [3.05, 3.63) is 29.8 Å². The SMILES string of the molecule is COc1ccc(C(=O)N(C)C23CC(Cl)(C2)C3)cc1. The number of alkyl halides is 1. The summed E-state index contributed by atoms with van der Waals surface area (Å²) < 4.78 is 5.09. The van der Waals surface area contributed by atoms with Crippen molar-refractivity contribution >= 4 is 17.5 Å². The minimum atomic E-state index is -0.00551. The van der Waals surface area contributed by atoms with Crippen molar-refractivity contribution in [2.24, 2.45) is 0 Å². The molecule has 4 rings (SSSR count). The second kappa shape index (κ2) is 3.64. The number of carbonyl (C=O) groups is 1. The lowest BCUT2D eigenvalue weighted by atomic mass is 9.48. The number of hydrogen-bond acceptors (Lipinski definition) is 2. The number of nitrogens with zero attached hydrogens (tertiary/aromatic N) is 1. The molecule has 0 aliphatic heterocycles. The Bertz CT molecular complexity index is 477. The Balaban J connectivity index is 1.74. The number of halogens is 1. The highest BCUT2D eigenvalue weighted by atomic mass is 35.5. The average molecular weight is 266 g/mol. The quantitative estimate of drug-likeness (QED) is 0.787. The first kappa shape index (κ1) is 11.8. The van der Waals surface area contributed by atoms with Crippen LogP contribution in [0, 0.1) is 0 Å². The molecule has 4 heteroatoms. The molecule has 0 spiro atoms. The molecule has 0 radical (unpaired) electrons. The molecule has 96 valence electrons. The molecule has 3 aliphatic carbocycles. The van der Waals surface area contributed by atoms with Crippen LogP contribution >= 0.6 is 11.6 Å². The van der Waals surface area contributed by atoms with Gasteiger partial charge in [-0.15, -0.1) is 11.6 Å². The molecule has 3 fully saturated rings. The lowest BCUT2D eigenvalue weighted by Gasteiger charge is -2.70. The van der Waals surface area contributed by atoms with Crippen molar-refractivity contribution in [2.45, 2.75) is 29.7 Å². The van der Waals surface area contributed by atoms with E-state index >= 15 is 0 Å². The predicted octanol–water partition coefficient (Wildman–Crippen LogP) is 2.68. The Labute approximate surface area is 112 Å². The van der Waals surface area contributed by atoms with Gasteiger partial charge < -0.3 is 9.64 Å². The average Bonchev–Trinajstić information content (AvgIpc) is 2.32. The summed E-state index contributed by atoms with van der Waals surface area (Å²) in [6.45, 7) is 0. The Kier molecular flexibility index (Phi) is 2.39. The summed E-state index contributed by atoms with van der Waals surface area (Å²) in [5.41, 5.74) is 0.727. The number of ether oxygens (including phenoxy) is 1. The highest BCUT2D eigenvalue weighted by Gasteiger charge is 2.69. The zero-order valence-electron chi connectivity index (χ0n) is 10.6. The van der Waals surface area contributed by atoms with Gasteiger partial charge in [0.1, 0.15) is 5.75 Å². The third kappa shape index (κ3) is 1.53. The lowest BCUT2D eigenvalue weighted by Crippen LogP contribution is -2.76. The van der Waals surface area contributed by atoms with Gasteiger partial charge >= 0.3 is 0 Å². The van der Waals surface area contributed by atoms with E-state index in [4.69, 9.17) is 16.3 Å². The van der Waals surface area contributed by atoms with Crippen LogP contribution in [0.2, 0.25) is 0 Å². The van der Waals surface area contributed by atoms with Gasteiger partial charge in [0.2, 0.25) is 0 Å². The summed E-state index contributed by atoms with van der Waals surface area (Å²) in [6, 6.07) is 7.23. The number of hydrogen-bond donors (Lipinski definition) is 0. The van der Waals surface area contributed by atoms with Crippen molar-refractivity contribution in [1.29, 1.82) is 0 Å². The van der Waals surface area contributed by atoms with Crippen LogP contribution in [-0.4, -0.2) is 35.4 Å². The Morgan fingerprint density at radius 3 is 2.28 bits per heavy atom. The molecule has 1 amide bonds. The van der Waals surface area contributed by atoms with E-state index in [9.17, 15) is 4.79 Å². The van der Waals surface area contributed by atoms with Gasteiger partial charge in [0.15, 0.2) is 0 Å². The topological polar surface area (TPSA) is 29.5 Å². The van der Waals surface area contributed by atoms with Crippen molar-refractivity contribution in [2.75, 3.05) is 14.2 Å². The Hall–Kier alpha value is -1.22. The minimum Gasteiger partial charge on any atom is -0.497 e. The number of benzene rings is 1. The molecule has 0 saturated heterocycles. The fraction of sp³-hybridized carbons (Fsp3) is 0.500. The third-order valence-electron chi connectivity index (χ3n) is 4.29. The van der Waals surface area contributed by atoms with Gasteiger partial charge in [-0.25, -0.2) is 0 Å². The standard InChI is InChI=1S/C14H16ClNO2/c1-16(14-7-13(15,8-14)9-14)12(17)10-3-5-11(18-2)6-4-10/h3-6H,7-9H2,1-2H3. The van der Waals surface area contributed by atoms with E-state index in [0.29, 0.717) is 5.56 Å². The molecule has 0 N–H and O–H groups in total. The summed E-state index contributed by atoms with van der Waals surface area (Å²) in [5.74, 6) is 0.829. The summed E-state index contributed by atoms with van der Waals surface area (Å²) in [7, 11) is 3.49. The Morgan fingerprint density at radius 1 is 1.28 bits per heavy atom. The Morgan fingerprint density at radius 2 is 1.83 bits per heavy atom. The van der Waals surface area contributed by atoms with Crippen LogP contribution < -0.4 is 4.74 Å². The molecular weight excluding hydrogens is 250 g/mol. The van der Waals surface area contributed by atoms with Gasteiger partial charge in [-0.3, -0.25) is 4.79 Å². The van der Waals surface area contributed by atoms with E-state index in [1.165, 1.54) is 0 Å². The monoisotopic (exact) mass is 265 g/mol. The van der Waals surface area contributed by atoms with Crippen molar-refractivity contribution in [3.8, 4) is 5.75 Å². The fourth-order valence-electron chi connectivity index (χ4n) is 3.11. The van der Waals surface area contributed by atoms with Crippen molar-refractivity contribution in [1.82, 2.24) is 4.90 Å². The first-order valence-corrected chi connectivity index (χ1v) is 6.47. The van der Waals surface area contributed by atoms with Gasteiger partial charge in [-0.1, -0.05) is 0 Å². The largest absolute Gasteiger partial charge is 0.497 e. The molecule has 0 atom stereocenters. The van der Waals surface area contributed by atoms with E-state index in [1.54, 1.807) is 19.2 Å². The first-order chi connectivity index (χ1) is 8.48. The van der Waals surface area contributed by atoms with E-state index < -0.39 is 0 Å². The molecule has 3 saturated carbocycles. The van der Waals surface area contributed by atoms with Crippen LogP contribution in [-0.2, 0) is 0 Å². The zero-order valence-corrected chi connectivity index (χ0v) is 11.3. The lowest BCUT2D eigenvalue weighted by molar-refractivity contribution is -0.0937. The van der Waals surface area contributed by atoms with E-state index in [0.717, 1.165) is 25.0 Å². The minimum absolute atomic E-state index is 0.00551. The van der Waals surface area contributed by atoms with E-state index in [-0.39, 0.29) is 16.3 Å². The maximum Gasteiger partial charge on any atom is 0.254 e. The molecule has 3 aliphatic rings. The zero-order chi connectivity index (χ0) is 13.0. The van der Waals surface area contributed by atoms with Crippen LogP contribution in [0.5, 0.6) is 5.75 Å². The molecular formula is C14H16ClNO2. The maximum atomic E-state index is 12.4. The van der Waals surface area contributed by atoms with Gasteiger partial charge in [0.05, 0.1) is 12.0 Å². The number of methoxy groups -OCH3 is 1. The highest BCUT2D eigenvalue weighted by Crippen LogP contribution is 2.67. The smallest absolute Gasteiger partial charge is 0.254 e. The molecule has 2 bridgehead atoms. The molecule has 0 unspecified atom stereocenters. The van der Waals surface area contributed by atoms with Crippen molar-refractivity contribution < 1.29 is 9.53 Å². The van der Waals surface area contributed by atoms with Gasteiger partial charge in [0.25, 0.3) is 5.91 Å². The van der Waals surface area contributed by atoms with Crippen LogP contribution in [0.25, 0.3) is 0 Å². The summed E-state index contributed by atoms with van der Waals surface area (Å²) in [5, 5.41) is 0. The summed E-state index contributed by atoms with van der Waals surface area (Å²) >= 11 is 6.24. The molecule has 0 aromatic heterocycles. The van der Waals surface area contributed by atoms with E-state index in [1.807, 2.05) is 24.1 Å². The predicted molar refractivity (Wildman–Crippen MR) is 70.3 cm³/mol. The van der Waals surface area contributed by atoms with Crippen LogP contribution in [0.4, 0.5) is 0 Å². The third-order valence-corrected chi connectivity index (χ3v) is 4.69. The molecule has 1 aromatic rings. The number of rotatable bonds is 3. The molecule has 1 aromatic carbocycles. The van der Waals surface area contributed by atoms with Gasteiger partial charge in [0, 0.05) is 18.2 Å². The van der Waals surface area contributed by atoms with Gasteiger partial charge in [-0.05, 0) is 43.5 Å². The summed E-state index contributed by atoms with van der Waals surface area (Å²) in [6.07, 6.45) is 2.79. The van der Waals surface area contributed by atoms with Crippen LogP contribution in [0.1, 0.15) is 29.6 Å². The normalized spacial score (nSPS) is 32.2. The second-order valence-corrected chi connectivity index (χ2v) is 6.30. The highest BCUT2D eigenvalue weighted by molar-refractivity contribution is 6.26. The van der Waals surface area contributed by atoms with E-state index in [2.05, 4.69) is 0 Å². The second-order valence-electron chi connectivity index (χ2n) is 5.50. The van der Waals surface area contributed by atoms with Crippen LogP contribution in [0.15, 0.2) is 24.3 Å². The fourth-order valence-corrected chi connectivity index (χ4v) is 3.86.